The van der Waals surface area contributed by atoms with Crippen LogP contribution in [0, 0.1) is 10.1 Å². The van der Waals surface area contributed by atoms with E-state index in [9.17, 15) is 19.7 Å². The zero-order chi connectivity index (χ0) is 13.7. The Morgan fingerprint density at radius 3 is 2.56 bits per heavy atom. The molecule has 0 heterocycles. The Hall–Kier alpha value is -2.64. The van der Waals surface area contributed by atoms with Gasteiger partial charge in [0, 0.05) is 6.07 Å². The number of amides is 2. The van der Waals surface area contributed by atoms with Crippen molar-refractivity contribution in [3.8, 4) is 0 Å². The van der Waals surface area contributed by atoms with Crippen molar-refractivity contribution in [3.63, 3.8) is 0 Å². The number of rotatable bonds is 5. The van der Waals surface area contributed by atoms with Gasteiger partial charge in [0.15, 0.2) is 0 Å². The Morgan fingerprint density at radius 1 is 1.44 bits per heavy atom. The van der Waals surface area contributed by atoms with Crippen LogP contribution in [0.3, 0.4) is 0 Å². The largest absolute Gasteiger partial charge is 0.481 e. The molecule has 0 aliphatic carbocycles. The van der Waals surface area contributed by atoms with Gasteiger partial charge < -0.3 is 16.2 Å². The summed E-state index contributed by atoms with van der Waals surface area (Å²) in [7, 11) is 0. The van der Waals surface area contributed by atoms with Crippen molar-refractivity contribution >= 4 is 17.7 Å². The summed E-state index contributed by atoms with van der Waals surface area (Å²) in [5, 5.41) is 21.7. The number of nitro benzene ring substituents is 1. The van der Waals surface area contributed by atoms with Crippen LogP contribution >= 0.6 is 0 Å². The van der Waals surface area contributed by atoms with Gasteiger partial charge in [-0.2, -0.15) is 0 Å². The fourth-order valence-electron chi connectivity index (χ4n) is 1.53. The number of carboxylic acids is 1. The predicted octanol–water partition coefficient (Wildman–Crippen LogP) is 0.779. The summed E-state index contributed by atoms with van der Waals surface area (Å²) in [6.07, 6.45) is -0.492. The smallest absolute Gasteiger partial charge is 0.312 e. The van der Waals surface area contributed by atoms with E-state index in [1.807, 2.05) is 0 Å². The van der Waals surface area contributed by atoms with E-state index >= 15 is 0 Å². The van der Waals surface area contributed by atoms with Gasteiger partial charge in [-0.05, 0) is 0 Å². The van der Waals surface area contributed by atoms with Crippen LogP contribution in [0.1, 0.15) is 18.0 Å². The van der Waals surface area contributed by atoms with Crippen LogP contribution in [-0.4, -0.2) is 22.0 Å². The molecule has 0 fully saturated rings. The minimum atomic E-state index is -1.20. The summed E-state index contributed by atoms with van der Waals surface area (Å²) in [5.74, 6) is -1.20. The molecule has 96 valence electrons. The Balaban J connectivity index is 3.15. The van der Waals surface area contributed by atoms with Gasteiger partial charge >= 0.3 is 12.0 Å². The Kier molecular flexibility index (Phi) is 4.19. The molecule has 8 nitrogen and oxygen atoms in total. The van der Waals surface area contributed by atoms with Crippen LogP contribution in [0.25, 0.3) is 0 Å². The highest BCUT2D eigenvalue weighted by atomic mass is 16.6. The van der Waals surface area contributed by atoms with Crippen molar-refractivity contribution in [1.82, 2.24) is 5.32 Å². The first-order chi connectivity index (χ1) is 8.41. The quantitative estimate of drug-likeness (QED) is 0.526. The van der Waals surface area contributed by atoms with Crippen molar-refractivity contribution in [2.75, 3.05) is 0 Å². The second kappa shape index (κ2) is 5.62. The zero-order valence-corrected chi connectivity index (χ0v) is 9.20. The van der Waals surface area contributed by atoms with E-state index in [-0.39, 0.29) is 11.3 Å². The number of carbonyl (C=O) groups excluding carboxylic acids is 1. The molecule has 1 unspecified atom stereocenters. The molecular weight excluding hydrogens is 242 g/mol. The highest BCUT2D eigenvalue weighted by Crippen LogP contribution is 2.26. The highest BCUT2D eigenvalue weighted by molar-refractivity contribution is 5.75. The highest BCUT2D eigenvalue weighted by Gasteiger charge is 2.24. The molecule has 4 N–H and O–H groups in total. The van der Waals surface area contributed by atoms with Crippen LogP contribution in [0.15, 0.2) is 24.3 Å². The first-order valence-corrected chi connectivity index (χ1v) is 4.93. The molecule has 0 bridgehead atoms. The monoisotopic (exact) mass is 253 g/mol. The maximum absolute atomic E-state index is 10.8. The molecule has 0 saturated heterocycles. The van der Waals surface area contributed by atoms with Gasteiger partial charge in [0.1, 0.15) is 0 Å². The molecule has 18 heavy (non-hydrogen) atoms. The number of aliphatic carboxylic acids is 1. The molecule has 0 radical (unpaired) electrons. The lowest BCUT2D eigenvalue weighted by atomic mass is 10.0. The summed E-state index contributed by atoms with van der Waals surface area (Å²) in [4.78, 5) is 31.6. The lowest BCUT2D eigenvalue weighted by molar-refractivity contribution is -0.385. The fourth-order valence-corrected chi connectivity index (χ4v) is 1.53. The van der Waals surface area contributed by atoms with Gasteiger partial charge in [-0.15, -0.1) is 0 Å². The summed E-state index contributed by atoms with van der Waals surface area (Å²) >= 11 is 0. The number of primary amides is 1. The number of urea groups is 1. The number of carbonyl (C=O) groups is 2. The summed E-state index contributed by atoms with van der Waals surface area (Å²) in [6, 6.07) is 3.58. The molecule has 8 heteroatoms. The third kappa shape index (κ3) is 3.44. The third-order valence-electron chi connectivity index (χ3n) is 2.20. The average Bonchev–Trinajstić information content (AvgIpc) is 2.26. The van der Waals surface area contributed by atoms with E-state index in [2.05, 4.69) is 5.32 Å². The topological polar surface area (TPSA) is 136 Å². The van der Waals surface area contributed by atoms with Gasteiger partial charge in [0.2, 0.25) is 0 Å². The van der Waals surface area contributed by atoms with Crippen molar-refractivity contribution < 1.29 is 19.6 Å². The number of nitrogens with two attached hydrogens (primary N) is 1. The van der Waals surface area contributed by atoms with Gasteiger partial charge in [-0.3, -0.25) is 14.9 Å². The molecular formula is C10H11N3O5. The summed E-state index contributed by atoms with van der Waals surface area (Å²) in [5.41, 5.74) is 4.75. The van der Waals surface area contributed by atoms with E-state index in [4.69, 9.17) is 10.8 Å². The number of carboxylic acid groups (broad SMARTS) is 1. The average molecular weight is 253 g/mol. The van der Waals surface area contributed by atoms with E-state index < -0.39 is 29.4 Å². The second-order valence-electron chi connectivity index (χ2n) is 3.47. The first kappa shape index (κ1) is 13.4. The van der Waals surface area contributed by atoms with E-state index in [1.54, 1.807) is 0 Å². The number of nitrogens with one attached hydrogen (secondary N) is 1. The lowest BCUT2D eigenvalue weighted by Gasteiger charge is -2.15. The molecule has 0 aromatic heterocycles. The molecule has 1 aromatic carbocycles. The van der Waals surface area contributed by atoms with E-state index in [0.29, 0.717) is 0 Å². The van der Waals surface area contributed by atoms with Crippen molar-refractivity contribution in [2.45, 2.75) is 12.5 Å². The molecule has 2 amide bonds. The van der Waals surface area contributed by atoms with Gasteiger partial charge in [0.25, 0.3) is 5.69 Å². The maximum Gasteiger partial charge on any atom is 0.312 e. The number of hydrogen-bond donors (Lipinski definition) is 3. The van der Waals surface area contributed by atoms with Crippen LogP contribution < -0.4 is 11.1 Å². The number of benzene rings is 1. The standard InChI is InChI=1S/C10H11N3O5/c11-10(16)12-7(5-9(14)15)6-3-1-2-4-8(6)13(17)18/h1-4,7H,5H2,(H,14,15)(H3,11,12,16). The first-order valence-electron chi connectivity index (χ1n) is 4.93. The Labute approximate surface area is 102 Å². The van der Waals surface area contributed by atoms with Gasteiger partial charge in [-0.25, -0.2) is 4.79 Å². The predicted molar refractivity (Wildman–Crippen MR) is 60.8 cm³/mol. The lowest BCUT2D eigenvalue weighted by Crippen LogP contribution is -2.34. The number of nitrogens with zero attached hydrogens (tertiary/aromatic N) is 1. The normalized spacial score (nSPS) is 11.6. The van der Waals surface area contributed by atoms with Crippen molar-refractivity contribution in [1.29, 1.82) is 0 Å². The molecule has 1 aromatic rings. The second-order valence-corrected chi connectivity index (χ2v) is 3.47. The molecule has 0 aliphatic heterocycles. The SMILES string of the molecule is NC(=O)NC(CC(=O)O)c1ccccc1[N+](=O)[O-]. The van der Waals surface area contributed by atoms with Crippen molar-refractivity contribution in [3.05, 3.63) is 39.9 Å². The summed E-state index contributed by atoms with van der Waals surface area (Å²) < 4.78 is 0. The number of nitro groups is 1. The summed E-state index contributed by atoms with van der Waals surface area (Å²) in [6.45, 7) is 0. The Bertz CT molecular complexity index is 472. The van der Waals surface area contributed by atoms with E-state index in [0.717, 1.165) is 0 Å². The van der Waals surface area contributed by atoms with Gasteiger partial charge in [-0.1, -0.05) is 18.2 Å². The Morgan fingerprint density at radius 2 is 2.06 bits per heavy atom. The molecule has 0 spiro atoms. The zero-order valence-electron chi connectivity index (χ0n) is 9.20. The number of para-hydroxylation sites is 1. The maximum atomic E-state index is 10.8. The van der Waals surface area contributed by atoms with Crippen LogP contribution in [0.4, 0.5) is 10.5 Å². The minimum absolute atomic E-state index is 0.101. The molecule has 1 rings (SSSR count). The van der Waals surface area contributed by atoms with Crippen LogP contribution in [-0.2, 0) is 4.79 Å². The fraction of sp³-hybridized carbons (Fsp3) is 0.200. The molecule has 0 saturated carbocycles. The third-order valence-corrected chi connectivity index (χ3v) is 2.20. The van der Waals surface area contributed by atoms with Crippen LogP contribution in [0.2, 0.25) is 0 Å². The van der Waals surface area contributed by atoms with E-state index in [1.165, 1.54) is 24.3 Å². The van der Waals surface area contributed by atoms with Gasteiger partial charge in [0.05, 0.1) is 22.9 Å². The van der Waals surface area contributed by atoms with Crippen LogP contribution in [0.5, 0.6) is 0 Å². The number of hydrogen-bond acceptors (Lipinski definition) is 4. The minimum Gasteiger partial charge on any atom is -0.481 e. The molecule has 0 aliphatic rings. The van der Waals surface area contributed by atoms with Crippen molar-refractivity contribution in [2.24, 2.45) is 5.73 Å². The molecule has 1 atom stereocenters.